The molecule has 71 heavy (non-hydrogen) atoms. The molecule has 5 N–H and O–H groups in total. The van der Waals surface area contributed by atoms with Crippen LogP contribution < -0.4 is 30.3 Å². The number of hydrogen-bond acceptors (Lipinski definition) is 9. The number of nitrogens with one attached hydrogen (secondary N) is 3. The molecule has 5 amide bonds. The molecule has 6 aliphatic rings. The van der Waals surface area contributed by atoms with Gasteiger partial charge in [-0.05, 0) is 85.1 Å². The molecule has 16 nitrogen and oxygen atoms in total. The van der Waals surface area contributed by atoms with Gasteiger partial charge in [-0.2, -0.15) is 0 Å². The third-order valence-corrected chi connectivity index (χ3v) is 16.3. The number of amides is 5. The zero-order chi connectivity index (χ0) is 50.7. The standard InChI is InChI=1S/C52H56Cl2N5O11P/c1-28(2)46(57-43(62)16-6-4-5-15-36-40(60)17-18-41(36)61)48(64)55-29(3)47(63)56-37-19-38-44(34-13-9-7-11-32(34)37)30(21-53)23-58(38)49(65)51-25-52(26-51,27-51)50(66)59-24-31(22-54)45-35-14-10-8-12-33(35)42(20-39(45)59)70-71(67,68)69/h7-14,17-20,28-31,36,46H,4-6,15-16,21-27H2,1-3H3,(H,55,64)(H,56,63)(H,57,62)(H2,67,68,69). The van der Waals surface area contributed by atoms with Crippen molar-refractivity contribution in [2.45, 2.75) is 96.1 Å². The summed E-state index contributed by atoms with van der Waals surface area (Å²) in [4.78, 5) is 117. The molecule has 19 heteroatoms. The van der Waals surface area contributed by atoms with Gasteiger partial charge in [0.15, 0.2) is 11.6 Å². The predicted molar refractivity (Wildman–Crippen MR) is 270 cm³/mol. The number of alkyl halides is 2. The molecule has 4 aromatic carbocycles. The van der Waals surface area contributed by atoms with Crippen LogP contribution in [0.25, 0.3) is 21.5 Å². The first-order valence-electron chi connectivity index (χ1n) is 24.1. The molecule has 2 heterocycles. The Morgan fingerprint density at radius 2 is 1.25 bits per heavy atom. The van der Waals surface area contributed by atoms with Gasteiger partial charge in [-0.15, -0.1) is 23.2 Å². The summed E-state index contributed by atoms with van der Waals surface area (Å²) in [6.07, 6.45) is 5.87. The fraction of sp³-hybridized carbons (Fsp3) is 0.442. The number of hydrogen-bond donors (Lipinski definition) is 5. The lowest BCUT2D eigenvalue weighted by atomic mass is 9.34. The summed E-state index contributed by atoms with van der Waals surface area (Å²) < 4.78 is 17.2. The lowest BCUT2D eigenvalue weighted by molar-refractivity contribution is -0.205. The highest BCUT2D eigenvalue weighted by atomic mass is 35.5. The van der Waals surface area contributed by atoms with Crippen LogP contribution in [-0.4, -0.2) is 87.8 Å². The number of ketones is 2. The number of rotatable bonds is 18. The number of phosphoric acid groups is 1. The minimum absolute atomic E-state index is 0.0521. The lowest BCUT2D eigenvalue weighted by Gasteiger charge is -2.69. The van der Waals surface area contributed by atoms with Crippen molar-refractivity contribution in [3.8, 4) is 5.75 Å². The maximum atomic E-state index is 14.8. The van der Waals surface area contributed by atoms with E-state index in [-0.39, 0.29) is 77.5 Å². The maximum Gasteiger partial charge on any atom is 0.524 e. The molecule has 4 unspecified atom stereocenters. The molecule has 374 valence electrons. The van der Waals surface area contributed by atoms with Gasteiger partial charge in [-0.25, -0.2) is 4.57 Å². The molecular weight excluding hydrogens is 972 g/mol. The van der Waals surface area contributed by atoms with Crippen LogP contribution in [-0.2, 0) is 38.1 Å². The molecule has 10 rings (SSSR count). The monoisotopic (exact) mass is 1030 g/mol. The molecule has 2 bridgehead atoms. The van der Waals surface area contributed by atoms with Gasteiger partial charge >= 0.3 is 7.82 Å². The van der Waals surface area contributed by atoms with Gasteiger partial charge in [0, 0.05) is 65.6 Å². The van der Waals surface area contributed by atoms with Gasteiger partial charge < -0.3 is 30.3 Å². The topological polar surface area (TPSA) is 229 Å². The first kappa shape index (κ1) is 50.3. The SMILES string of the molecule is CC(NC(=O)C(NC(=O)CCCCCC1C(=O)C=CC1=O)C(C)C)C(=O)Nc1cc2c(c3ccccc13)C(CCl)CN2C(=O)C12CC(C(=O)N3CC(CCl)c4c3cc(OP(=O)(O)O)c3ccccc43)(C1)C2. The van der Waals surface area contributed by atoms with Crippen molar-refractivity contribution in [1.29, 1.82) is 0 Å². The van der Waals surface area contributed by atoms with Crippen LogP contribution >= 0.6 is 31.0 Å². The summed E-state index contributed by atoms with van der Waals surface area (Å²) in [5.74, 6) is -3.13. The zero-order valence-corrected chi connectivity index (χ0v) is 42.0. The number of anilines is 3. The van der Waals surface area contributed by atoms with Crippen molar-refractivity contribution in [3.05, 3.63) is 83.9 Å². The second kappa shape index (κ2) is 19.4. The van der Waals surface area contributed by atoms with E-state index in [4.69, 9.17) is 27.7 Å². The summed E-state index contributed by atoms with van der Waals surface area (Å²) in [6, 6.07) is 15.9. The fourth-order valence-corrected chi connectivity index (χ4v) is 12.5. The predicted octanol–water partition coefficient (Wildman–Crippen LogP) is 7.53. The highest BCUT2D eigenvalue weighted by Gasteiger charge is 2.76. The second-order valence-corrected chi connectivity index (χ2v) is 22.0. The van der Waals surface area contributed by atoms with Gasteiger partial charge in [-0.1, -0.05) is 75.2 Å². The quantitative estimate of drug-likeness (QED) is 0.0283. The molecule has 0 aromatic heterocycles. The van der Waals surface area contributed by atoms with Crippen LogP contribution in [0.4, 0.5) is 17.1 Å². The Morgan fingerprint density at radius 1 is 0.732 bits per heavy atom. The summed E-state index contributed by atoms with van der Waals surface area (Å²) in [5.41, 5.74) is 1.52. The van der Waals surface area contributed by atoms with Crippen LogP contribution in [0.5, 0.6) is 5.75 Å². The molecular formula is C52H56Cl2N5O11P. The number of nitrogens with zero attached hydrogens (tertiary/aromatic N) is 2. The Morgan fingerprint density at radius 3 is 1.79 bits per heavy atom. The Kier molecular flexibility index (Phi) is 13.8. The Labute approximate surface area is 420 Å². The first-order chi connectivity index (χ1) is 33.8. The summed E-state index contributed by atoms with van der Waals surface area (Å²) in [7, 11) is -4.96. The smallest absolute Gasteiger partial charge is 0.404 e. The molecule has 0 spiro atoms. The maximum absolute atomic E-state index is 14.8. The van der Waals surface area contributed by atoms with E-state index in [0.29, 0.717) is 84.7 Å². The van der Waals surface area contributed by atoms with E-state index in [1.807, 2.05) is 30.3 Å². The van der Waals surface area contributed by atoms with Crippen molar-refractivity contribution in [2.75, 3.05) is 40.0 Å². The third-order valence-electron chi connectivity index (χ3n) is 15.1. The number of allylic oxidation sites excluding steroid dienone is 2. The van der Waals surface area contributed by atoms with Gasteiger partial charge in [0.1, 0.15) is 17.8 Å². The Bertz CT molecular complexity index is 2950. The van der Waals surface area contributed by atoms with E-state index < -0.39 is 48.5 Å². The lowest BCUT2D eigenvalue weighted by Crippen LogP contribution is -2.73. The number of fused-ring (bicyclic) bond motifs is 6. The van der Waals surface area contributed by atoms with E-state index in [1.54, 1.807) is 54.8 Å². The zero-order valence-electron chi connectivity index (χ0n) is 39.5. The number of unbranched alkanes of at least 4 members (excludes halogenated alkanes) is 2. The van der Waals surface area contributed by atoms with Gasteiger partial charge in [-0.3, -0.25) is 43.3 Å². The Balaban J connectivity index is 0.871. The molecule has 4 aromatic rings. The number of benzene rings is 4. The minimum Gasteiger partial charge on any atom is -0.404 e. The highest BCUT2D eigenvalue weighted by Crippen LogP contribution is 2.75. The number of halogens is 2. The van der Waals surface area contributed by atoms with E-state index in [2.05, 4.69) is 16.0 Å². The number of carbonyl (C=O) groups excluding carboxylic acids is 7. The summed E-state index contributed by atoms with van der Waals surface area (Å²) in [5, 5.41) is 11.2. The summed E-state index contributed by atoms with van der Waals surface area (Å²) in [6.45, 7) is 5.68. The first-order valence-corrected chi connectivity index (χ1v) is 26.7. The van der Waals surface area contributed by atoms with E-state index in [0.717, 1.165) is 16.5 Å². The van der Waals surface area contributed by atoms with Gasteiger partial charge in [0.2, 0.25) is 29.5 Å². The van der Waals surface area contributed by atoms with Crippen LogP contribution in [0.1, 0.15) is 95.1 Å². The molecule has 4 atom stereocenters. The van der Waals surface area contributed by atoms with E-state index in [9.17, 15) is 47.9 Å². The molecule has 0 radical (unpaired) electrons. The molecule has 3 saturated carbocycles. The molecule has 3 fully saturated rings. The van der Waals surface area contributed by atoms with Crippen molar-refractivity contribution >= 4 is 111 Å². The summed E-state index contributed by atoms with van der Waals surface area (Å²) >= 11 is 13.1. The van der Waals surface area contributed by atoms with E-state index in [1.165, 1.54) is 18.2 Å². The second-order valence-electron chi connectivity index (χ2n) is 20.3. The Hall–Kier alpha value is -5.64. The third kappa shape index (κ3) is 9.26. The van der Waals surface area contributed by atoms with Crippen molar-refractivity contribution in [2.24, 2.45) is 22.7 Å². The number of phosphoric ester groups is 1. The average Bonchev–Trinajstić information content (AvgIpc) is 3.98. The van der Waals surface area contributed by atoms with Crippen molar-refractivity contribution < 1.29 is 52.4 Å². The molecule has 2 aliphatic heterocycles. The van der Waals surface area contributed by atoms with Crippen LogP contribution in [0.2, 0.25) is 0 Å². The van der Waals surface area contributed by atoms with Crippen molar-refractivity contribution in [3.63, 3.8) is 0 Å². The van der Waals surface area contributed by atoms with Crippen LogP contribution in [0.3, 0.4) is 0 Å². The number of carbonyl (C=O) groups is 7. The largest absolute Gasteiger partial charge is 0.524 e. The normalized spacial score (nSPS) is 23.0. The van der Waals surface area contributed by atoms with E-state index >= 15 is 0 Å². The fourth-order valence-electron chi connectivity index (χ4n) is 11.6. The molecule has 0 saturated heterocycles. The van der Waals surface area contributed by atoms with Crippen LogP contribution in [0, 0.1) is 22.7 Å². The van der Waals surface area contributed by atoms with Gasteiger partial charge in [0.05, 0.1) is 28.1 Å². The van der Waals surface area contributed by atoms with Gasteiger partial charge in [0.25, 0.3) is 0 Å². The van der Waals surface area contributed by atoms with Crippen LogP contribution in [0.15, 0.2) is 72.8 Å². The average molecular weight is 1030 g/mol. The highest BCUT2D eigenvalue weighted by molar-refractivity contribution is 7.46. The molecule has 4 aliphatic carbocycles. The van der Waals surface area contributed by atoms with Crippen molar-refractivity contribution in [1.82, 2.24) is 10.6 Å². The minimum atomic E-state index is -4.96.